The standard InChI is InChI=1S/C14H17F3N2O/c15-14(16,17)12-5-3-11(4-6-12)13(20)19-9-10-2-1-7-18-8-10/h3-6,10,18H,1-2,7-9H2,(H,19,20). The van der Waals surface area contributed by atoms with Gasteiger partial charge in [-0.15, -0.1) is 0 Å². The highest BCUT2D eigenvalue weighted by molar-refractivity contribution is 5.94. The second kappa shape index (κ2) is 6.26. The van der Waals surface area contributed by atoms with Crippen LogP contribution in [0.1, 0.15) is 28.8 Å². The van der Waals surface area contributed by atoms with Crippen molar-refractivity contribution < 1.29 is 18.0 Å². The number of nitrogens with one attached hydrogen (secondary N) is 2. The highest BCUT2D eigenvalue weighted by Gasteiger charge is 2.30. The molecule has 1 unspecified atom stereocenters. The van der Waals surface area contributed by atoms with Crippen molar-refractivity contribution in [3.05, 3.63) is 35.4 Å². The lowest BCUT2D eigenvalue weighted by Gasteiger charge is -2.22. The Hall–Kier alpha value is -1.56. The number of rotatable bonds is 3. The van der Waals surface area contributed by atoms with Crippen LogP contribution in [0.25, 0.3) is 0 Å². The summed E-state index contributed by atoms with van der Waals surface area (Å²) in [6.07, 6.45) is -2.23. The first kappa shape index (κ1) is 14.8. The zero-order valence-corrected chi connectivity index (χ0v) is 11.0. The largest absolute Gasteiger partial charge is 0.416 e. The number of carbonyl (C=O) groups is 1. The third kappa shape index (κ3) is 3.96. The smallest absolute Gasteiger partial charge is 0.352 e. The third-order valence-corrected chi connectivity index (χ3v) is 3.42. The molecular weight excluding hydrogens is 269 g/mol. The van der Waals surface area contributed by atoms with Gasteiger partial charge in [-0.25, -0.2) is 0 Å². The van der Waals surface area contributed by atoms with E-state index in [2.05, 4.69) is 10.6 Å². The topological polar surface area (TPSA) is 41.1 Å². The van der Waals surface area contributed by atoms with Gasteiger partial charge in [0.25, 0.3) is 5.91 Å². The highest BCUT2D eigenvalue weighted by Crippen LogP contribution is 2.29. The van der Waals surface area contributed by atoms with Gasteiger partial charge in [-0.2, -0.15) is 13.2 Å². The molecule has 1 aliphatic heterocycles. The van der Waals surface area contributed by atoms with E-state index in [0.717, 1.165) is 38.1 Å². The molecule has 20 heavy (non-hydrogen) atoms. The number of halogens is 3. The molecule has 0 spiro atoms. The van der Waals surface area contributed by atoms with E-state index in [1.54, 1.807) is 0 Å². The normalized spacial score (nSPS) is 19.6. The van der Waals surface area contributed by atoms with E-state index in [1.807, 2.05) is 0 Å². The van der Waals surface area contributed by atoms with E-state index in [9.17, 15) is 18.0 Å². The number of carbonyl (C=O) groups excluding carboxylic acids is 1. The second-order valence-corrected chi connectivity index (χ2v) is 5.00. The Morgan fingerprint density at radius 1 is 1.30 bits per heavy atom. The van der Waals surface area contributed by atoms with Gasteiger partial charge in [0.2, 0.25) is 0 Å². The Kier molecular flexibility index (Phi) is 4.65. The molecule has 2 rings (SSSR count). The maximum atomic E-state index is 12.4. The van der Waals surface area contributed by atoms with Crippen LogP contribution >= 0.6 is 0 Å². The van der Waals surface area contributed by atoms with Crippen molar-refractivity contribution in [2.45, 2.75) is 19.0 Å². The predicted octanol–water partition coefficient (Wildman–Crippen LogP) is 2.43. The van der Waals surface area contributed by atoms with Crippen LogP contribution in [0.3, 0.4) is 0 Å². The Bertz CT molecular complexity index is 450. The highest BCUT2D eigenvalue weighted by atomic mass is 19.4. The Morgan fingerprint density at radius 2 is 2.00 bits per heavy atom. The molecule has 1 heterocycles. The summed E-state index contributed by atoms with van der Waals surface area (Å²) in [4.78, 5) is 11.8. The van der Waals surface area contributed by atoms with Crippen molar-refractivity contribution in [2.24, 2.45) is 5.92 Å². The first-order valence-corrected chi connectivity index (χ1v) is 6.63. The second-order valence-electron chi connectivity index (χ2n) is 5.00. The summed E-state index contributed by atoms with van der Waals surface area (Å²) in [5.74, 6) is 0.0615. The summed E-state index contributed by atoms with van der Waals surface area (Å²) >= 11 is 0. The minimum atomic E-state index is -4.37. The summed E-state index contributed by atoms with van der Waals surface area (Å²) in [7, 11) is 0. The summed E-state index contributed by atoms with van der Waals surface area (Å²) in [6, 6.07) is 4.27. The zero-order chi connectivity index (χ0) is 14.6. The van der Waals surface area contributed by atoms with E-state index >= 15 is 0 Å². The number of benzene rings is 1. The minimum absolute atomic E-state index is 0.252. The molecule has 1 aromatic carbocycles. The van der Waals surface area contributed by atoms with Crippen LogP contribution < -0.4 is 10.6 Å². The van der Waals surface area contributed by atoms with Gasteiger partial charge in [0.15, 0.2) is 0 Å². The van der Waals surface area contributed by atoms with Crippen molar-refractivity contribution >= 4 is 5.91 Å². The Labute approximate surface area is 115 Å². The number of piperidine rings is 1. The van der Waals surface area contributed by atoms with Gasteiger partial charge in [0.05, 0.1) is 5.56 Å². The number of alkyl halides is 3. The molecule has 1 aliphatic rings. The maximum absolute atomic E-state index is 12.4. The molecule has 1 aromatic rings. The molecule has 1 amide bonds. The van der Waals surface area contributed by atoms with Gasteiger partial charge in [0, 0.05) is 12.1 Å². The van der Waals surface area contributed by atoms with Crippen LogP contribution in [0.15, 0.2) is 24.3 Å². The van der Waals surface area contributed by atoms with Gasteiger partial charge in [0.1, 0.15) is 0 Å². The predicted molar refractivity (Wildman–Crippen MR) is 69.4 cm³/mol. The van der Waals surface area contributed by atoms with E-state index in [-0.39, 0.29) is 11.5 Å². The van der Waals surface area contributed by atoms with Crippen molar-refractivity contribution in [1.82, 2.24) is 10.6 Å². The molecule has 0 aliphatic carbocycles. The Balaban J connectivity index is 1.89. The van der Waals surface area contributed by atoms with Crippen molar-refractivity contribution in [2.75, 3.05) is 19.6 Å². The lowest BCUT2D eigenvalue weighted by atomic mass is 9.99. The fourth-order valence-corrected chi connectivity index (χ4v) is 2.25. The molecule has 1 atom stereocenters. The van der Waals surface area contributed by atoms with Crippen LogP contribution in [0.2, 0.25) is 0 Å². The molecule has 1 fully saturated rings. The molecule has 2 N–H and O–H groups in total. The summed E-state index contributed by atoms with van der Waals surface area (Å²) in [5, 5.41) is 6.01. The van der Waals surface area contributed by atoms with Crippen LogP contribution in [0.4, 0.5) is 13.2 Å². The maximum Gasteiger partial charge on any atom is 0.416 e. The van der Waals surface area contributed by atoms with E-state index in [0.29, 0.717) is 12.5 Å². The molecular formula is C14H17F3N2O. The van der Waals surface area contributed by atoms with Crippen molar-refractivity contribution in [3.8, 4) is 0 Å². The fourth-order valence-electron chi connectivity index (χ4n) is 2.25. The third-order valence-electron chi connectivity index (χ3n) is 3.42. The molecule has 0 radical (unpaired) electrons. The van der Waals surface area contributed by atoms with Crippen LogP contribution in [0.5, 0.6) is 0 Å². The number of amides is 1. The zero-order valence-electron chi connectivity index (χ0n) is 11.0. The molecule has 0 bridgehead atoms. The first-order valence-electron chi connectivity index (χ1n) is 6.63. The van der Waals surface area contributed by atoms with Gasteiger partial charge >= 0.3 is 6.18 Å². The van der Waals surface area contributed by atoms with Gasteiger partial charge in [-0.05, 0) is 56.1 Å². The molecule has 6 heteroatoms. The lowest BCUT2D eigenvalue weighted by Crippen LogP contribution is -2.38. The quantitative estimate of drug-likeness (QED) is 0.896. The van der Waals surface area contributed by atoms with Crippen molar-refractivity contribution in [1.29, 1.82) is 0 Å². The van der Waals surface area contributed by atoms with E-state index in [1.165, 1.54) is 12.1 Å². The first-order chi connectivity index (χ1) is 9.47. The van der Waals surface area contributed by atoms with E-state index in [4.69, 9.17) is 0 Å². The molecule has 3 nitrogen and oxygen atoms in total. The average molecular weight is 286 g/mol. The molecule has 110 valence electrons. The lowest BCUT2D eigenvalue weighted by molar-refractivity contribution is -0.137. The van der Waals surface area contributed by atoms with Gasteiger partial charge in [-0.3, -0.25) is 4.79 Å². The molecule has 1 saturated heterocycles. The molecule has 0 saturated carbocycles. The summed E-state index contributed by atoms with van der Waals surface area (Å²) in [6.45, 7) is 2.42. The van der Waals surface area contributed by atoms with Gasteiger partial charge in [-0.1, -0.05) is 0 Å². The SMILES string of the molecule is O=C(NCC1CCCNC1)c1ccc(C(F)(F)F)cc1. The summed E-state index contributed by atoms with van der Waals surface area (Å²) < 4.78 is 37.2. The Morgan fingerprint density at radius 3 is 2.55 bits per heavy atom. The van der Waals surface area contributed by atoms with Crippen LogP contribution in [-0.4, -0.2) is 25.5 Å². The monoisotopic (exact) mass is 286 g/mol. The van der Waals surface area contributed by atoms with Gasteiger partial charge < -0.3 is 10.6 Å². The average Bonchev–Trinajstić information content (AvgIpc) is 2.45. The number of hydrogen-bond donors (Lipinski definition) is 2. The van der Waals surface area contributed by atoms with Crippen LogP contribution in [-0.2, 0) is 6.18 Å². The molecule has 0 aromatic heterocycles. The fraction of sp³-hybridized carbons (Fsp3) is 0.500. The summed E-state index contributed by atoms with van der Waals surface area (Å²) in [5.41, 5.74) is -0.493. The van der Waals surface area contributed by atoms with E-state index < -0.39 is 11.7 Å². The minimum Gasteiger partial charge on any atom is -0.352 e. The number of hydrogen-bond acceptors (Lipinski definition) is 2. The van der Waals surface area contributed by atoms with Crippen molar-refractivity contribution in [3.63, 3.8) is 0 Å². The van der Waals surface area contributed by atoms with Crippen LogP contribution in [0, 0.1) is 5.92 Å².